The Kier molecular flexibility index (Phi) is 5.12. The zero-order valence-electron chi connectivity index (χ0n) is 19.3. The number of rotatable bonds is 3. The Bertz CT molecular complexity index is 1230. The van der Waals surface area contributed by atoms with Gasteiger partial charge in [-0.05, 0) is 77.9 Å². The predicted molar refractivity (Wildman–Crippen MR) is 124 cm³/mol. The minimum atomic E-state index is -0.605. The van der Waals surface area contributed by atoms with Crippen LogP contribution < -0.4 is 0 Å². The lowest BCUT2D eigenvalue weighted by Crippen LogP contribution is -2.23. The smallest absolute Gasteiger partial charge is 0.340 e. The molecule has 0 aliphatic rings. The monoisotopic (exact) mass is 432 g/mol. The number of fused-ring (bicyclic) bond motifs is 2. The van der Waals surface area contributed by atoms with Crippen LogP contribution >= 0.6 is 0 Å². The summed E-state index contributed by atoms with van der Waals surface area (Å²) in [6, 6.07) is 15.0. The standard InChI is InChI=1S/C26H28N2O4/c1-25(2,3)31-23(29)17-15-21(27-13-9-7-11-19(17)27)22-16-18(24(30)32-26(4,5)6)20-12-8-10-14-28(20)22/h7-16H,1-6H3. The molecule has 166 valence electrons. The molecule has 4 heterocycles. The molecule has 0 radical (unpaired) electrons. The summed E-state index contributed by atoms with van der Waals surface area (Å²) in [5.74, 6) is -0.777. The van der Waals surface area contributed by atoms with Gasteiger partial charge >= 0.3 is 11.9 Å². The fourth-order valence-corrected chi connectivity index (χ4v) is 3.69. The molecule has 0 aliphatic heterocycles. The highest BCUT2D eigenvalue weighted by atomic mass is 16.6. The lowest BCUT2D eigenvalue weighted by Gasteiger charge is -2.19. The van der Waals surface area contributed by atoms with Gasteiger partial charge in [0.05, 0.1) is 33.5 Å². The van der Waals surface area contributed by atoms with E-state index in [4.69, 9.17) is 9.47 Å². The van der Waals surface area contributed by atoms with E-state index in [1.807, 2.05) is 111 Å². The normalized spacial score (nSPS) is 12.3. The molecule has 4 rings (SSSR count). The first-order chi connectivity index (χ1) is 14.9. The van der Waals surface area contributed by atoms with Crippen LogP contribution in [0.25, 0.3) is 22.4 Å². The number of hydrogen-bond acceptors (Lipinski definition) is 4. The van der Waals surface area contributed by atoms with Gasteiger partial charge in [0.2, 0.25) is 0 Å². The van der Waals surface area contributed by atoms with Crippen molar-refractivity contribution < 1.29 is 19.1 Å². The van der Waals surface area contributed by atoms with Crippen molar-refractivity contribution in [2.45, 2.75) is 52.7 Å². The Morgan fingerprint density at radius 3 is 1.38 bits per heavy atom. The van der Waals surface area contributed by atoms with Crippen LogP contribution in [0.3, 0.4) is 0 Å². The van der Waals surface area contributed by atoms with Crippen molar-refractivity contribution in [2.24, 2.45) is 0 Å². The van der Waals surface area contributed by atoms with Gasteiger partial charge in [-0.15, -0.1) is 0 Å². The van der Waals surface area contributed by atoms with Gasteiger partial charge in [0.1, 0.15) is 11.2 Å². The number of esters is 2. The molecule has 0 saturated carbocycles. The van der Waals surface area contributed by atoms with Crippen molar-refractivity contribution >= 4 is 23.0 Å². The maximum absolute atomic E-state index is 12.9. The fraction of sp³-hybridized carbons (Fsp3) is 0.308. The first kappa shape index (κ1) is 21.7. The van der Waals surface area contributed by atoms with Crippen LogP contribution in [0.2, 0.25) is 0 Å². The summed E-state index contributed by atoms with van der Waals surface area (Å²) < 4.78 is 15.1. The third-order valence-corrected chi connectivity index (χ3v) is 4.85. The van der Waals surface area contributed by atoms with E-state index in [1.165, 1.54) is 0 Å². The topological polar surface area (TPSA) is 61.4 Å². The zero-order valence-corrected chi connectivity index (χ0v) is 19.3. The second kappa shape index (κ2) is 7.55. The minimum absolute atomic E-state index is 0.388. The molecule has 0 bridgehead atoms. The molecule has 0 spiro atoms. The Hall–Kier alpha value is -3.54. The van der Waals surface area contributed by atoms with E-state index in [0.29, 0.717) is 11.1 Å². The van der Waals surface area contributed by atoms with Crippen molar-refractivity contribution in [1.82, 2.24) is 8.80 Å². The third-order valence-electron chi connectivity index (χ3n) is 4.85. The highest BCUT2D eigenvalue weighted by Crippen LogP contribution is 2.32. The van der Waals surface area contributed by atoms with Gasteiger partial charge in [-0.3, -0.25) is 0 Å². The van der Waals surface area contributed by atoms with Gasteiger partial charge < -0.3 is 18.3 Å². The number of hydrogen-bond donors (Lipinski definition) is 0. The van der Waals surface area contributed by atoms with Crippen LogP contribution in [0.5, 0.6) is 0 Å². The van der Waals surface area contributed by atoms with Gasteiger partial charge in [0, 0.05) is 12.4 Å². The summed E-state index contributed by atoms with van der Waals surface area (Å²) in [6.07, 6.45) is 3.79. The molecule has 0 fully saturated rings. The van der Waals surface area contributed by atoms with Crippen molar-refractivity contribution in [3.8, 4) is 11.4 Å². The molecule has 0 atom stereocenters. The highest BCUT2D eigenvalue weighted by molar-refractivity contribution is 6.02. The molecular formula is C26H28N2O4. The quantitative estimate of drug-likeness (QED) is 0.386. The number of nitrogens with zero attached hydrogens (tertiary/aromatic N) is 2. The van der Waals surface area contributed by atoms with Crippen molar-refractivity contribution in [2.75, 3.05) is 0 Å². The third kappa shape index (κ3) is 4.13. The summed E-state index contributed by atoms with van der Waals surface area (Å²) in [6.45, 7) is 11.1. The highest BCUT2D eigenvalue weighted by Gasteiger charge is 2.26. The number of aromatic nitrogens is 2. The molecule has 4 aromatic heterocycles. The van der Waals surface area contributed by atoms with Gasteiger partial charge in [-0.25, -0.2) is 9.59 Å². The second-order valence-electron chi connectivity index (χ2n) is 9.80. The number of carbonyl (C=O) groups is 2. The van der Waals surface area contributed by atoms with Gasteiger partial charge in [0.15, 0.2) is 0 Å². The summed E-state index contributed by atoms with van der Waals surface area (Å²) in [5.41, 5.74) is 2.76. The SMILES string of the molecule is CC(C)(C)OC(=O)c1cc(-c2cc(C(=O)OC(C)(C)C)c3ccccn23)n2ccccc12. The molecule has 6 heteroatoms. The molecule has 32 heavy (non-hydrogen) atoms. The lowest BCUT2D eigenvalue weighted by molar-refractivity contribution is 0.00592. The average molecular weight is 433 g/mol. The first-order valence-electron chi connectivity index (χ1n) is 10.6. The van der Waals surface area contributed by atoms with Crippen LogP contribution in [-0.4, -0.2) is 31.9 Å². The first-order valence-corrected chi connectivity index (χ1v) is 10.6. The molecule has 0 unspecified atom stereocenters. The predicted octanol–water partition coefficient (Wildman–Crippen LogP) is 5.77. The molecular weight excluding hydrogens is 404 g/mol. The Balaban J connectivity index is 1.91. The average Bonchev–Trinajstić information content (AvgIpc) is 3.24. The molecule has 4 aromatic rings. The lowest BCUT2D eigenvalue weighted by atomic mass is 10.1. The Labute approximate surface area is 187 Å². The summed E-state index contributed by atoms with van der Waals surface area (Å²) in [5, 5.41) is 0. The molecule has 0 N–H and O–H groups in total. The Morgan fingerprint density at radius 1 is 0.656 bits per heavy atom. The van der Waals surface area contributed by atoms with Crippen LogP contribution in [0, 0.1) is 0 Å². The van der Waals surface area contributed by atoms with Gasteiger partial charge in [-0.2, -0.15) is 0 Å². The van der Waals surface area contributed by atoms with Gasteiger partial charge in [0.25, 0.3) is 0 Å². The van der Waals surface area contributed by atoms with Gasteiger partial charge in [-0.1, -0.05) is 12.1 Å². The molecule has 0 aromatic carbocycles. The maximum Gasteiger partial charge on any atom is 0.340 e. The van der Waals surface area contributed by atoms with E-state index >= 15 is 0 Å². The minimum Gasteiger partial charge on any atom is -0.456 e. The van der Waals surface area contributed by atoms with E-state index in [9.17, 15) is 9.59 Å². The van der Waals surface area contributed by atoms with E-state index in [1.54, 1.807) is 0 Å². The van der Waals surface area contributed by atoms with Crippen LogP contribution in [-0.2, 0) is 9.47 Å². The summed E-state index contributed by atoms with van der Waals surface area (Å²) in [4.78, 5) is 25.9. The summed E-state index contributed by atoms with van der Waals surface area (Å²) >= 11 is 0. The fourth-order valence-electron chi connectivity index (χ4n) is 3.69. The Morgan fingerprint density at radius 2 is 1.03 bits per heavy atom. The number of ether oxygens (including phenoxy) is 2. The largest absolute Gasteiger partial charge is 0.456 e. The zero-order chi connectivity index (χ0) is 23.3. The molecule has 0 amide bonds. The summed E-state index contributed by atoms with van der Waals surface area (Å²) in [7, 11) is 0. The second-order valence-corrected chi connectivity index (χ2v) is 9.80. The van der Waals surface area contributed by atoms with Crippen molar-refractivity contribution in [1.29, 1.82) is 0 Å². The van der Waals surface area contributed by atoms with Crippen LogP contribution in [0.15, 0.2) is 60.9 Å². The molecule has 6 nitrogen and oxygen atoms in total. The van der Waals surface area contributed by atoms with Crippen LogP contribution in [0.4, 0.5) is 0 Å². The molecule has 0 aliphatic carbocycles. The van der Waals surface area contributed by atoms with Crippen molar-refractivity contribution in [3.05, 3.63) is 72.1 Å². The van der Waals surface area contributed by atoms with E-state index in [0.717, 1.165) is 22.4 Å². The van der Waals surface area contributed by atoms with Crippen LogP contribution in [0.1, 0.15) is 62.3 Å². The van der Waals surface area contributed by atoms with E-state index in [2.05, 4.69) is 0 Å². The van der Waals surface area contributed by atoms with E-state index < -0.39 is 11.2 Å². The maximum atomic E-state index is 12.9. The van der Waals surface area contributed by atoms with E-state index in [-0.39, 0.29) is 11.9 Å². The number of pyridine rings is 2. The van der Waals surface area contributed by atoms with Crippen molar-refractivity contribution in [3.63, 3.8) is 0 Å². The number of carbonyl (C=O) groups excluding carboxylic acids is 2. The molecule has 0 saturated heterocycles.